The molecule has 0 atom stereocenters. The molecule has 0 spiro atoms. The molecule has 0 aromatic carbocycles. The van der Waals surface area contributed by atoms with Gasteiger partial charge in [-0.25, -0.2) is 14.6 Å². The zero-order valence-corrected chi connectivity index (χ0v) is 16.9. The standard InChI is InChI=1S/C20H22N6O3/c1-6-26-14-11-12(7-9-19(2,3)27)22-13(8-10-20(4,5)28)15(14)23-18(26)16-17(21)25-29-24-16/h11,27-28H,6H2,1-5H3,(H2,21,25). The Bertz CT molecular complexity index is 1190. The molecule has 0 aliphatic carbocycles. The second-order valence-electron chi connectivity index (χ2n) is 7.52. The Hall–Kier alpha value is -3.40. The van der Waals surface area contributed by atoms with Gasteiger partial charge in [-0.1, -0.05) is 11.8 Å². The summed E-state index contributed by atoms with van der Waals surface area (Å²) in [5.74, 6) is 11.8. The molecule has 3 aromatic heterocycles. The number of hydrogen-bond acceptors (Lipinski definition) is 8. The second-order valence-corrected chi connectivity index (χ2v) is 7.52. The third-order valence-electron chi connectivity index (χ3n) is 3.76. The first-order valence-electron chi connectivity index (χ1n) is 8.99. The molecule has 0 aliphatic heterocycles. The molecule has 0 unspecified atom stereocenters. The van der Waals surface area contributed by atoms with Crippen LogP contribution in [0, 0.1) is 23.7 Å². The summed E-state index contributed by atoms with van der Waals surface area (Å²) in [6.45, 7) is 8.82. The highest BCUT2D eigenvalue weighted by molar-refractivity contribution is 5.86. The monoisotopic (exact) mass is 394 g/mol. The zero-order valence-electron chi connectivity index (χ0n) is 16.9. The van der Waals surface area contributed by atoms with Crippen molar-refractivity contribution < 1.29 is 14.8 Å². The first-order chi connectivity index (χ1) is 13.5. The Kier molecular flexibility index (Phi) is 5.05. The number of nitrogens with two attached hydrogens (primary N) is 1. The molecule has 3 rings (SSSR count). The first-order valence-corrected chi connectivity index (χ1v) is 8.99. The largest absolute Gasteiger partial charge is 0.379 e. The minimum Gasteiger partial charge on any atom is -0.379 e. The molecule has 150 valence electrons. The van der Waals surface area contributed by atoms with Crippen molar-refractivity contribution >= 4 is 16.9 Å². The number of aryl methyl sites for hydroxylation is 1. The van der Waals surface area contributed by atoms with Crippen LogP contribution >= 0.6 is 0 Å². The maximum atomic E-state index is 9.99. The van der Waals surface area contributed by atoms with Gasteiger partial charge in [0.2, 0.25) is 0 Å². The smallest absolute Gasteiger partial charge is 0.199 e. The molecule has 0 fully saturated rings. The number of anilines is 1. The fourth-order valence-corrected chi connectivity index (χ4v) is 2.55. The van der Waals surface area contributed by atoms with Gasteiger partial charge in [0.05, 0.1) is 5.52 Å². The van der Waals surface area contributed by atoms with E-state index in [1.54, 1.807) is 33.8 Å². The number of rotatable bonds is 2. The van der Waals surface area contributed by atoms with Crippen LogP contribution in [-0.2, 0) is 6.54 Å². The fourth-order valence-electron chi connectivity index (χ4n) is 2.55. The third kappa shape index (κ3) is 4.54. The van der Waals surface area contributed by atoms with Crippen LogP contribution in [0.5, 0.6) is 0 Å². The maximum Gasteiger partial charge on any atom is 0.199 e. The van der Waals surface area contributed by atoms with E-state index in [0.717, 1.165) is 0 Å². The van der Waals surface area contributed by atoms with E-state index in [9.17, 15) is 10.2 Å². The summed E-state index contributed by atoms with van der Waals surface area (Å²) >= 11 is 0. The number of aliphatic hydroxyl groups is 2. The van der Waals surface area contributed by atoms with E-state index in [1.807, 2.05) is 11.5 Å². The van der Waals surface area contributed by atoms with Crippen LogP contribution < -0.4 is 5.73 Å². The minimum absolute atomic E-state index is 0.120. The van der Waals surface area contributed by atoms with Crippen molar-refractivity contribution in [1.82, 2.24) is 24.8 Å². The summed E-state index contributed by atoms with van der Waals surface area (Å²) in [5.41, 5.74) is 5.75. The number of nitrogens with zero attached hydrogens (tertiary/aromatic N) is 5. The van der Waals surface area contributed by atoms with Gasteiger partial charge in [0.15, 0.2) is 17.3 Å². The lowest BCUT2D eigenvalue weighted by molar-refractivity contribution is 0.143. The number of aromatic nitrogens is 5. The SMILES string of the molecule is CCn1c(-c2nonc2N)nc2c(C#CC(C)(C)O)nc(C#CC(C)(C)O)cc21. The Balaban J connectivity index is 2.33. The van der Waals surface area contributed by atoms with Crippen molar-refractivity contribution in [2.45, 2.75) is 52.4 Å². The highest BCUT2D eigenvalue weighted by atomic mass is 16.6. The first kappa shape index (κ1) is 20.3. The zero-order chi connectivity index (χ0) is 21.4. The van der Waals surface area contributed by atoms with Crippen LogP contribution in [0.3, 0.4) is 0 Å². The molecule has 0 saturated carbocycles. The Morgan fingerprint density at radius 1 is 1.07 bits per heavy atom. The summed E-state index contributed by atoms with van der Waals surface area (Å²) in [4.78, 5) is 9.08. The van der Waals surface area contributed by atoms with E-state index in [1.165, 1.54) is 0 Å². The second kappa shape index (κ2) is 7.21. The highest BCUT2D eigenvalue weighted by Crippen LogP contribution is 2.28. The van der Waals surface area contributed by atoms with E-state index >= 15 is 0 Å². The molecule has 4 N–H and O–H groups in total. The summed E-state index contributed by atoms with van der Waals surface area (Å²) in [6, 6.07) is 1.76. The van der Waals surface area contributed by atoms with E-state index in [0.29, 0.717) is 40.5 Å². The van der Waals surface area contributed by atoms with Gasteiger partial charge in [0.1, 0.15) is 28.1 Å². The molecule has 9 heteroatoms. The number of pyridine rings is 1. The number of nitrogen functional groups attached to an aromatic ring is 1. The molecule has 0 saturated heterocycles. The van der Waals surface area contributed by atoms with E-state index in [4.69, 9.17) is 10.4 Å². The van der Waals surface area contributed by atoms with Crippen molar-refractivity contribution in [1.29, 1.82) is 0 Å². The summed E-state index contributed by atoms with van der Waals surface area (Å²) in [6.07, 6.45) is 0. The molecule has 0 aliphatic rings. The summed E-state index contributed by atoms with van der Waals surface area (Å²) in [5, 5.41) is 27.4. The minimum atomic E-state index is -1.21. The van der Waals surface area contributed by atoms with E-state index < -0.39 is 11.2 Å². The van der Waals surface area contributed by atoms with E-state index in [2.05, 4.69) is 44.0 Å². The molecule has 3 aromatic rings. The lowest BCUT2D eigenvalue weighted by Crippen LogP contribution is -2.15. The molecule has 0 radical (unpaired) electrons. The van der Waals surface area contributed by atoms with Gasteiger partial charge in [-0.3, -0.25) is 0 Å². The van der Waals surface area contributed by atoms with Crippen LogP contribution in [0.4, 0.5) is 5.82 Å². The van der Waals surface area contributed by atoms with E-state index in [-0.39, 0.29) is 5.82 Å². The lowest BCUT2D eigenvalue weighted by atomic mass is 10.1. The average molecular weight is 394 g/mol. The van der Waals surface area contributed by atoms with Crippen LogP contribution in [0.15, 0.2) is 10.7 Å². The van der Waals surface area contributed by atoms with Crippen LogP contribution in [0.2, 0.25) is 0 Å². The topological polar surface area (TPSA) is 136 Å². The maximum absolute atomic E-state index is 9.99. The van der Waals surface area contributed by atoms with Crippen LogP contribution in [0.25, 0.3) is 22.6 Å². The number of imidazole rings is 1. The lowest BCUT2D eigenvalue weighted by Gasteiger charge is -2.07. The Morgan fingerprint density at radius 3 is 2.28 bits per heavy atom. The van der Waals surface area contributed by atoms with Gasteiger partial charge < -0.3 is 20.5 Å². The molecule has 0 bridgehead atoms. The molecular formula is C20H22N6O3. The molecule has 3 heterocycles. The van der Waals surface area contributed by atoms with Crippen LogP contribution in [0.1, 0.15) is 46.0 Å². The van der Waals surface area contributed by atoms with Gasteiger partial charge in [-0.05, 0) is 62.8 Å². The summed E-state index contributed by atoms with van der Waals surface area (Å²) in [7, 11) is 0. The van der Waals surface area contributed by atoms with Crippen molar-refractivity contribution in [2.24, 2.45) is 0 Å². The predicted molar refractivity (Wildman–Crippen MR) is 107 cm³/mol. The molecular weight excluding hydrogens is 372 g/mol. The quantitative estimate of drug-likeness (QED) is 0.554. The van der Waals surface area contributed by atoms with Crippen molar-refractivity contribution in [2.75, 3.05) is 5.73 Å². The predicted octanol–water partition coefficient (Wildman–Crippen LogP) is 1.33. The molecule has 0 amide bonds. The fraction of sp³-hybridized carbons (Fsp3) is 0.400. The number of fused-ring (bicyclic) bond motifs is 1. The van der Waals surface area contributed by atoms with Crippen molar-refractivity contribution in [3.8, 4) is 35.2 Å². The van der Waals surface area contributed by atoms with Gasteiger partial charge in [-0.2, -0.15) is 0 Å². The van der Waals surface area contributed by atoms with Gasteiger partial charge in [-0.15, -0.1) is 0 Å². The normalized spacial score (nSPS) is 11.7. The molecule has 29 heavy (non-hydrogen) atoms. The third-order valence-corrected chi connectivity index (χ3v) is 3.76. The average Bonchev–Trinajstić information content (AvgIpc) is 3.19. The van der Waals surface area contributed by atoms with Gasteiger partial charge >= 0.3 is 0 Å². The van der Waals surface area contributed by atoms with Crippen molar-refractivity contribution in [3.63, 3.8) is 0 Å². The van der Waals surface area contributed by atoms with Gasteiger partial charge in [0.25, 0.3) is 0 Å². The Labute approximate surface area is 167 Å². The Morgan fingerprint density at radius 2 is 1.72 bits per heavy atom. The number of hydrogen-bond donors (Lipinski definition) is 3. The molecule has 9 nitrogen and oxygen atoms in total. The highest BCUT2D eigenvalue weighted by Gasteiger charge is 2.21. The summed E-state index contributed by atoms with van der Waals surface area (Å²) < 4.78 is 6.58. The van der Waals surface area contributed by atoms with Gasteiger partial charge in [0, 0.05) is 6.54 Å². The van der Waals surface area contributed by atoms with Crippen molar-refractivity contribution in [3.05, 3.63) is 17.5 Å². The van der Waals surface area contributed by atoms with Crippen LogP contribution in [-0.4, -0.2) is 46.3 Å².